The molecule has 3 unspecified atom stereocenters. The summed E-state index contributed by atoms with van der Waals surface area (Å²) < 4.78 is 0.560. The van der Waals surface area contributed by atoms with Gasteiger partial charge in [-0.1, -0.05) is 225 Å². The molecule has 3 atom stereocenters. The number of hydrogen-bond acceptors (Lipinski definition) is 2. The van der Waals surface area contributed by atoms with Crippen molar-refractivity contribution >= 4 is 5.91 Å². The number of carbonyl (C=O) groups excluding carboxylic acids is 1. The van der Waals surface area contributed by atoms with Gasteiger partial charge in [0.15, 0.2) is 0 Å². The number of nitrogens with zero attached hydrogens (tertiary/aromatic N) is 1. The van der Waals surface area contributed by atoms with E-state index in [-0.39, 0.29) is 0 Å². The van der Waals surface area contributed by atoms with Crippen molar-refractivity contribution in [3.63, 3.8) is 0 Å². The quantitative estimate of drug-likeness (QED) is 0.0440. The lowest BCUT2D eigenvalue weighted by molar-refractivity contribution is -0.803. The predicted molar refractivity (Wildman–Crippen MR) is 221 cm³/mol. The predicted octanol–water partition coefficient (Wildman–Crippen LogP) is 14.8. The van der Waals surface area contributed by atoms with E-state index in [2.05, 4.69) is 39.0 Å². The van der Waals surface area contributed by atoms with Crippen molar-refractivity contribution < 1.29 is 14.4 Å². The summed E-state index contributed by atoms with van der Waals surface area (Å²) in [4.78, 5) is 14.1. The number of amides is 1. The number of carbonyl (C=O) groups is 1. The van der Waals surface area contributed by atoms with Gasteiger partial charge in [-0.3, -0.25) is 0 Å². The van der Waals surface area contributed by atoms with Gasteiger partial charge in [0.05, 0.1) is 13.1 Å². The highest BCUT2D eigenvalue weighted by atomic mass is 16.3. The van der Waals surface area contributed by atoms with E-state index in [1.807, 2.05) is 6.07 Å². The monoisotopic (exact) mass is 709 g/mol. The van der Waals surface area contributed by atoms with Crippen molar-refractivity contribution in [3.05, 3.63) is 35.4 Å². The number of benzene rings is 1. The van der Waals surface area contributed by atoms with Crippen LogP contribution in [0.2, 0.25) is 0 Å². The van der Waals surface area contributed by atoms with E-state index in [9.17, 15) is 9.90 Å². The van der Waals surface area contributed by atoms with Crippen LogP contribution in [0.4, 0.5) is 0 Å². The molecule has 1 aliphatic carbocycles. The fourth-order valence-electron chi connectivity index (χ4n) is 9.83. The zero-order chi connectivity index (χ0) is 36.5. The lowest BCUT2D eigenvalue weighted by Crippen LogP contribution is -2.44. The SMILES string of the molecule is CCCCCCCCCCCCCCCCCC[N+]1(CCCCCCCCCCCCCCCCCC)C(=O)C12CC(C)c1ccccc1C2O. The number of fused-ring (bicyclic) bond motifs is 1. The maximum absolute atomic E-state index is 14.1. The minimum absolute atomic E-state index is 0.324. The molecule has 1 fully saturated rings. The first-order chi connectivity index (χ1) is 25.0. The van der Waals surface area contributed by atoms with Gasteiger partial charge >= 0.3 is 5.91 Å². The Morgan fingerprint density at radius 3 is 1.14 bits per heavy atom. The van der Waals surface area contributed by atoms with Gasteiger partial charge in [-0.25, -0.2) is 9.28 Å². The Hall–Kier alpha value is -1.19. The second-order valence-corrected chi connectivity index (χ2v) is 17.4. The van der Waals surface area contributed by atoms with Gasteiger partial charge < -0.3 is 5.11 Å². The van der Waals surface area contributed by atoms with E-state index in [1.54, 1.807) is 0 Å². The largest absolute Gasteiger partial charge is 0.381 e. The van der Waals surface area contributed by atoms with Crippen LogP contribution in [0.25, 0.3) is 0 Å². The van der Waals surface area contributed by atoms with Gasteiger partial charge in [-0.2, -0.15) is 0 Å². The third-order valence-corrected chi connectivity index (χ3v) is 13.2. The van der Waals surface area contributed by atoms with E-state index < -0.39 is 11.6 Å². The topological polar surface area (TPSA) is 37.3 Å². The lowest BCUT2D eigenvalue weighted by Gasteiger charge is -2.34. The summed E-state index contributed by atoms with van der Waals surface area (Å²) in [5.41, 5.74) is 1.67. The van der Waals surface area contributed by atoms with Crippen LogP contribution < -0.4 is 0 Å². The molecule has 0 saturated carbocycles. The van der Waals surface area contributed by atoms with Crippen LogP contribution in [0.5, 0.6) is 0 Å². The Labute approximate surface area is 318 Å². The molecular weight excluding hydrogens is 623 g/mol. The molecule has 294 valence electrons. The van der Waals surface area contributed by atoms with E-state index in [0.717, 1.165) is 37.9 Å². The normalized spacial score (nSPS) is 20.7. The van der Waals surface area contributed by atoms with Crippen LogP contribution in [-0.2, 0) is 4.79 Å². The summed E-state index contributed by atoms with van der Waals surface area (Å²) in [6.07, 6.45) is 44.0. The van der Waals surface area contributed by atoms with Gasteiger partial charge in [0.25, 0.3) is 5.54 Å². The van der Waals surface area contributed by atoms with Crippen molar-refractivity contribution in [1.82, 2.24) is 0 Å². The molecule has 0 bridgehead atoms. The first kappa shape index (κ1) is 44.2. The second kappa shape index (κ2) is 26.6. The van der Waals surface area contributed by atoms with Gasteiger partial charge in [0.2, 0.25) is 0 Å². The average molecular weight is 709 g/mol. The van der Waals surface area contributed by atoms with Crippen molar-refractivity contribution in [2.75, 3.05) is 13.1 Å². The van der Waals surface area contributed by atoms with Gasteiger partial charge in [-0.05, 0) is 42.7 Å². The molecule has 0 radical (unpaired) electrons. The Morgan fingerprint density at radius 1 is 0.510 bits per heavy atom. The number of quaternary nitrogens is 1. The van der Waals surface area contributed by atoms with Crippen molar-refractivity contribution in [3.8, 4) is 0 Å². The molecule has 1 aromatic carbocycles. The number of rotatable bonds is 34. The highest BCUT2D eigenvalue weighted by molar-refractivity contribution is 5.94. The summed E-state index contributed by atoms with van der Waals surface area (Å²) in [6, 6.07) is 8.38. The van der Waals surface area contributed by atoms with E-state index in [0.29, 0.717) is 16.3 Å². The number of aliphatic hydroxyl groups excluding tert-OH is 1. The molecule has 1 spiro atoms. The van der Waals surface area contributed by atoms with Crippen molar-refractivity contribution in [2.45, 2.75) is 250 Å². The lowest BCUT2D eigenvalue weighted by atomic mass is 9.74. The molecule has 1 aromatic rings. The maximum Gasteiger partial charge on any atom is 0.379 e. The molecule has 1 heterocycles. The van der Waals surface area contributed by atoms with Gasteiger partial charge in [-0.15, -0.1) is 0 Å². The summed E-state index contributed by atoms with van der Waals surface area (Å²) >= 11 is 0. The molecule has 3 heteroatoms. The molecule has 1 saturated heterocycles. The molecule has 3 nitrogen and oxygen atoms in total. The van der Waals surface area contributed by atoms with E-state index in [1.165, 1.54) is 198 Å². The smallest absolute Gasteiger partial charge is 0.379 e. The average Bonchev–Trinajstić information content (AvgIpc) is 3.64. The highest BCUT2D eigenvalue weighted by Crippen LogP contribution is 2.61. The summed E-state index contributed by atoms with van der Waals surface area (Å²) in [6.45, 7) is 8.73. The molecule has 0 aromatic heterocycles. The van der Waals surface area contributed by atoms with Crippen LogP contribution in [-0.4, -0.2) is 34.1 Å². The zero-order valence-corrected chi connectivity index (χ0v) is 34.5. The van der Waals surface area contributed by atoms with Crippen molar-refractivity contribution in [2.24, 2.45) is 0 Å². The molecule has 1 aliphatic heterocycles. The van der Waals surface area contributed by atoms with Crippen LogP contribution in [0, 0.1) is 0 Å². The van der Waals surface area contributed by atoms with Crippen LogP contribution in [0.3, 0.4) is 0 Å². The molecule has 51 heavy (non-hydrogen) atoms. The Kier molecular flexibility index (Phi) is 23.0. The Bertz CT molecular complexity index is 984. The van der Waals surface area contributed by atoms with Gasteiger partial charge in [0, 0.05) is 6.42 Å². The standard InChI is InChI=1S/C48H86NO2/c1-4-6-8-10-12-14-16-18-20-22-24-26-28-30-32-36-40-49(47(51)48(49)42-43(3)44-38-34-35-39-45(44)46(48)50)41-37-33-31-29-27-25-23-21-19-17-15-13-11-9-7-5-2/h34-35,38-39,43,46,50H,4-33,36-37,40-42H2,1-3H3/q+1. The maximum atomic E-state index is 14.1. The van der Waals surface area contributed by atoms with Gasteiger partial charge in [0.1, 0.15) is 6.10 Å². The first-order valence-corrected chi connectivity index (χ1v) is 23.2. The fraction of sp³-hybridized carbons (Fsp3) is 0.854. The van der Waals surface area contributed by atoms with Crippen molar-refractivity contribution in [1.29, 1.82) is 0 Å². The molecular formula is C48H86NO2+. The van der Waals surface area contributed by atoms with E-state index in [4.69, 9.17) is 0 Å². The first-order valence-electron chi connectivity index (χ1n) is 23.2. The Morgan fingerprint density at radius 2 is 0.804 bits per heavy atom. The molecule has 1 amide bonds. The summed E-state index contributed by atoms with van der Waals surface area (Å²) in [7, 11) is 0. The number of hydrogen-bond donors (Lipinski definition) is 1. The van der Waals surface area contributed by atoms with Crippen LogP contribution in [0.15, 0.2) is 24.3 Å². The molecule has 1 N–H and O–H groups in total. The zero-order valence-electron chi connectivity index (χ0n) is 34.5. The fourth-order valence-corrected chi connectivity index (χ4v) is 9.83. The minimum atomic E-state index is -0.653. The number of aliphatic hydroxyl groups is 1. The molecule has 2 aliphatic rings. The number of unbranched alkanes of at least 4 members (excludes halogenated alkanes) is 30. The van der Waals surface area contributed by atoms with E-state index >= 15 is 0 Å². The summed E-state index contributed by atoms with van der Waals surface area (Å²) in [5, 5.41) is 11.8. The summed E-state index contributed by atoms with van der Waals surface area (Å²) in [5.74, 6) is 0.670. The van der Waals surface area contributed by atoms with Crippen LogP contribution in [0.1, 0.15) is 256 Å². The molecule has 3 rings (SSSR count). The third kappa shape index (κ3) is 14.5. The highest BCUT2D eigenvalue weighted by Gasteiger charge is 2.84. The Balaban J connectivity index is 1.31. The van der Waals surface area contributed by atoms with Crippen LogP contribution >= 0.6 is 0 Å². The second-order valence-electron chi connectivity index (χ2n) is 17.4. The third-order valence-electron chi connectivity index (χ3n) is 13.2. The minimum Gasteiger partial charge on any atom is -0.381 e.